The molecule has 4 aromatic rings. The average Bonchev–Trinajstić information content (AvgIpc) is 3.05. The van der Waals surface area contributed by atoms with Gasteiger partial charge < -0.3 is 9.30 Å². The van der Waals surface area contributed by atoms with Crippen molar-refractivity contribution >= 4 is 22.5 Å². The highest BCUT2D eigenvalue weighted by Gasteiger charge is 2.18. The minimum Gasteiger partial charge on any atom is -0.487 e. The molecule has 0 amide bonds. The number of rotatable bonds is 4. The number of hydrogen-bond donors (Lipinski definition) is 0. The minimum atomic E-state index is -0.130. The third-order valence-corrected chi connectivity index (χ3v) is 6.08. The summed E-state index contributed by atoms with van der Waals surface area (Å²) < 4.78 is 9.66. The molecule has 0 N–H and O–H groups in total. The molecule has 0 aliphatic heterocycles. The molecular weight excluding hydrogens is 398 g/mol. The molecule has 1 aliphatic carbocycles. The summed E-state index contributed by atoms with van der Waals surface area (Å²) in [5.41, 5.74) is 5.56. The van der Waals surface area contributed by atoms with Crippen LogP contribution in [0.5, 0.6) is 5.75 Å². The predicted octanol–water partition coefficient (Wildman–Crippen LogP) is 4.84. The lowest BCUT2D eigenvalue weighted by molar-refractivity contribution is 0.300. The summed E-state index contributed by atoms with van der Waals surface area (Å²) in [6.45, 7) is 0.279. The van der Waals surface area contributed by atoms with Crippen LogP contribution >= 0.6 is 11.6 Å². The van der Waals surface area contributed by atoms with Crippen LogP contribution in [0, 0.1) is 0 Å². The van der Waals surface area contributed by atoms with Crippen molar-refractivity contribution in [3.63, 3.8) is 0 Å². The van der Waals surface area contributed by atoms with E-state index in [0.717, 1.165) is 24.2 Å². The van der Waals surface area contributed by atoms with Gasteiger partial charge in [-0.15, -0.1) is 0 Å². The normalized spacial score (nSPS) is 13.4. The Morgan fingerprint density at radius 2 is 1.97 bits per heavy atom. The summed E-state index contributed by atoms with van der Waals surface area (Å²) in [5.74, 6) is 0.517. The molecule has 0 spiro atoms. The number of nitrogens with zero attached hydrogens (tertiary/aromatic N) is 3. The third kappa shape index (κ3) is 3.39. The molecule has 0 fully saturated rings. The van der Waals surface area contributed by atoms with Gasteiger partial charge in [0.05, 0.1) is 21.9 Å². The van der Waals surface area contributed by atoms with E-state index < -0.39 is 0 Å². The van der Waals surface area contributed by atoms with Crippen LogP contribution in [0.4, 0.5) is 0 Å². The molecule has 0 saturated carbocycles. The van der Waals surface area contributed by atoms with Gasteiger partial charge in [-0.25, -0.2) is 0 Å². The van der Waals surface area contributed by atoms with Crippen LogP contribution in [0.25, 0.3) is 16.6 Å². The smallest absolute Gasteiger partial charge is 0.258 e. The summed E-state index contributed by atoms with van der Waals surface area (Å²) in [7, 11) is 2.13. The van der Waals surface area contributed by atoms with Crippen molar-refractivity contribution in [2.45, 2.75) is 32.3 Å². The Morgan fingerprint density at radius 1 is 1.10 bits per heavy atom. The molecule has 5 nitrogen and oxygen atoms in total. The van der Waals surface area contributed by atoms with E-state index in [1.807, 2.05) is 6.07 Å². The highest BCUT2D eigenvalue weighted by atomic mass is 35.5. The van der Waals surface area contributed by atoms with Crippen molar-refractivity contribution < 1.29 is 4.74 Å². The van der Waals surface area contributed by atoms with Crippen LogP contribution in [0.1, 0.15) is 29.8 Å². The average molecular weight is 420 g/mol. The maximum atomic E-state index is 12.8. The number of aryl methyl sites for hydroxylation is 2. The molecule has 152 valence electrons. The quantitative estimate of drug-likeness (QED) is 0.475. The molecule has 0 unspecified atom stereocenters. The Bertz CT molecular complexity index is 1290. The lowest BCUT2D eigenvalue weighted by Crippen LogP contribution is -2.16. The zero-order chi connectivity index (χ0) is 20.7. The van der Waals surface area contributed by atoms with Crippen molar-refractivity contribution in [2.24, 2.45) is 7.05 Å². The van der Waals surface area contributed by atoms with E-state index in [1.165, 1.54) is 41.1 Å². The topological polar surface area (TPSA) is 49.0 Å². The number of hydrogen-bond acceptors (Lipinski definition) is 3. The van der Waals surface area contributed by atoms with E-state index in [9.17, 15) is 4.79 Å². The monoisotopic (exact) mass is 419 g/mol. The van der Waals surface area contributed by atoms with Crippen molar-refractivity contribution in [3.8, 4) is 11.4 Å². The summed E-state index contributed by atoms with van der Waals surface area (Å²) in [6.07, 6.45) is 8.11. The fourth-order valence-corrected chi connectivity index (χ4v) is 4.42. The Balaban J connectivity index is 1.43. The molecule has 1 aromatic carbocycles. The number of ether oxygens (including phenoxy) is 1. The highest BCUT2D eigenvalue weighted by Crippen LogP contribution is 2.32. The lowest BCUT2D eigenvalue weighted by Gasteiger charge is -2.12. The Morgan fingerprint density at radius 3 is 2.77 bits per heavy atom. The van der Waals surface area contributed by atoms with Gasteiger partial charge >= 0.3 is 0 Å². The molecule has 3 heterocycles. The van der Waals surface area contributed by atoms with Gasteiger partial charge in [0.15, 0.2) is 0 Å². The minimum absolute atomic E-state index is 0.130. The molecule has 0 bridgehead atoms. The second-order valence-electron chi connectivity index (χ2n) is 7.72. The van der Waals surface area contributed by atoms with Crippen molar-refractivity contribution in [2.75, 3.05) is 0 Å². The molecule has 0 atom stereocenters. The number of benzene rings is 1. The summed E-state index contributed by atoms with van der Waals surface area (Å²) in [6, 6.07) is 13.2. The molecule has 6 heteroatoms. The molecule has 0 radical (unpaired) electrons. The fraction of sp³-hybridized carbons (Fsp3) is 0.250. The van der Waals surface area contributed by atoms with Gasteiger partial charge in [0, 0.05) is 36.6 Å². The molecule has 5 rings (SSSR count). The predicted molar refractivity (Wildman–Crippen MR) is 119 cm³/mol. The van der Waals surface area contributed by atoms with Gasteiger partial charge in [-0.2, -0.15) is 0 Å². The van der Waals surface area contributed by atoms with Crippen LogP contribution < -0.4 is 10.3 Å². The summed E-state index contributed by atoms with van der Waals surface area (Å²) >= 11 is 5.85. The molecular formula is C24H22ClN3O2. The van der Waals surface area contributed by atoms with Gasteiger partial charge in [0.2, 0.25) is 0 Å². The van der Waals surface area contributed by atoms with E-state index in [1.54, 1.807) is 35.2 Å². The van der Waals surface area contributed by atoms with E-state index in [0.29, 0.717) is 10.8 Å². The molecule has 0 saturated heterocycles. The second-order valence-corrected chi connectivity index (χ2v) is 8.16. The van der Waals surface area contributed by atoms with Crippen LogP contribution in [-0.2, 0) is 26.5 Å². The fourth-order valence-electron chi connectivity index (χ4n) is 4.31. The largest absolute Gasteiger partial charge is 0.487 e. The lowest BCUT2D eigenvalue weighted by atomic mass is 9.95. The van der Waals surface area contributed by atoms with Crippen molar-refractivity contribution in [1.29, 1.82) is 0 Å². The number of halogens is 1. The zero-order valence-electron chi connectivity index (χ0n) is 16.8. The Kier molecular flexibility index (Phi) is 4.83. The Hall–Kier alpha value is -3.05. The molecule has 1 aliphatic rings. The maximum absolute atomic E-state index is 12.8. The molecule has 3 aromatic heterocycles. The molecule has 30 heavy (non-hydrogen) atoms. The number of aromatic nitrogens is 3. The van der Waals surface area contributed by atoms with E-state index >= 15 is 0 Å². The number of fused-ring (bicyclic) bond motifs is 3. The standard InChI is InChI=1S/C24H22ClN3O2/c1-27-22-5-3-2-4-20(22)21-9-8-18(12-23(21)27)28-11-10-19(13-24(28)29)30-15-17-7-6-16(25)14-26-17/h6-14H,2-5,15H2,1H3. The highest BCUT2D eigenvalue weighted by molar-refractivity contribution is 6.30. The first-order chi connectivity index (χ1) is 14.6. The maximum Gasteiger partial charge on any atom is 0.258 e. The summed E-state index contributed by atoms with van der Waals surface area (Å²) in [4.78, 5) is 17.0. The van der Waals surface area contributed by atoms with Crippen LogP contribution in [0.15, 0.2) is 59.7 Å². The first-order valence-electron chi connectivity index (χ1n) is 10.2. The SMILES string of the molecule is Cn1c2c(c3ccc(-n4ccc(OCc5ccc(Cl)cn5)cc4=O)cc31)CCCC2. The van der Waals surface area contributed by atoms with Gasteiger partial charge in [0.1, 0.15) is 12.4 Å². The van der Waals surface area contributed by atoms with Crippen molar-refractivity contribution in [3.05, 3.63) is 87.2 Å². The zero-order valence-corrected chi connectivity index (χ0v) is 17.5. The van der Waals surface area contributed by atoms with Gasteiger partial charge in [-0.05, 0) is 61.6 Å². The Labute approximate surface area is 179 Å². The first-order valence-corrected chi connectivity index (χ1v) is 10.5. The van der Waals surface area contributed by atoms with E-state index in [4.69, 9.17) is 16.3 Å². The van der Waals surface area contributed by atoms with Gasteiger partial charge in [0.25, 0.3) is 5.56 Å². The van der Waals surface area contributed by atoms with Crippen LogP contribution in [0.3, 0.4) is 0 Å². The van der Waals surface area contributed by atoms with Gasteiger partial charge in [-0.3, -0.25) is 14.3 Å². The number of pyridine rings is 2. The van der Waals surface area contributed by atoms with E-state index in [-0.39, 0.29) is 12.2 Å². The van der Waals surface area contributed by atoms with Crippen LogP contribution in [-0.4, -0.2) is 14.1 Å². The van der Waals surface area contributed by atoms with Gasteiger partial charge in [-0.1, -0.05) is 17.7 Å². The van der Waals surface area contributed by atoms with Crippen LogP contribution in [0.2, 0.25) is 5.02 Å². The van der Waals surface area contributed by atoms with Crippen molar-refractivity contribution in [1.82, 2.24) is 14.1 Å². The van der Waals surface area contributed by atoms with E-state index in [2.05, 4.69) is 28.7 Å². The summed E-state index contributed by atoms with van der Waals surface area (Å²) in [5, 5.41) is 1.89. The second kappa shape index (κ2) is 7.65. The third-order valence-electron chi connectivity index (χ3n) is 5.86. The first kappa shape index (κ1) is 18.9.